The van der Waals surface area contributed by atoms with Gasteiger partial charge in [-0.2, -0.15) is 0 Å². The predicted molar refractivity (Wildman–Crippen MR) is 54.9 cm³/mol. The van der Waals surface area contributed by atoms with Gasteiger partial charge in [0.05, 0.1) is 11.0 Å². The average Bonchev–Trinajstić information content (AvgIpc) is 2.45. The van der Waals surface area contributed by atoms with E-state index in [1.54, 1.807) is 17.7 Å². The standard InChI is InChI=1S/C9H8N2O2.ClH/c1-11-7-5-3-2-4-6(7)10-8(11)9(12)13;/h2-5H,1H3,(H,12,13);1H. The van der Waals surface area contributed by atoms with Crippen molar-refractivity contribution in [3.8, 4) is 0 Å². The van der Waals surface area contributed by atoms with Gasteiger partial charge in [-0.3, -0.25) is 0 Å². The summed E-state index contributed by atoms with van der Waals surface area (Å²) in [6, 6.07) is 7.33. The molecular weight excluding hydrogens is 204 g/mol. The maximum Gasteiger partial charge on any atom is 0.372 e. The molecule has 0 saturated heterocycles. The van der Waals surface area contributed by atoms with Gasteiger partial charge in [0.25, 0.3) is 0 Å². The number of para-hydroxylation sites is 2. The third kappa shape index (κ3) is 1.44. The Balaban J connectivity index is 0.000000980. The SMILES string of the molecule is Cl.Cn1c(C(=O)O)nc2ccccc21. The molecule has 0 aliphatic rings. The molecule has 14 heavy (non-hydrogen) atoms. The number of benzene rings is 1. The van der Waals surface area contributed by atoms with Crippen LogP contribution in [0.2, 0.25) is 0 Å². The number of hydrogen-bond acceptors (Lipinski definition) is 2. The minimum atomic E-state index is -1.00. The number of hydrogen-bond donors (Lipinski definition) is 1. The first kappa shape index (κ1) is 10.5. The van der Waals surface area contributed by atoms with Crippen LogP contribution in [-0.4, -0.2) is 20.6 Å². The number of nitrogens with zero attached hydrogens (tertiary/aromatic N) is 2. The minimum absolute atomic E-state index is 0. The summed E-state index contributed by atoms with van der Waals surface area (Å²) in [7, 11) is 1.69. The zero-order valence-corrected chi connectivity index (χ0v) is 8.28. The van der Waals surface area contributed by atoms with Crippen LogP contribution < -0.4 is 0 Å². The largest absolute Gasteiger partial charge is 0.475 e. The van der Waals surface area contributed by atoms with Gasteiger partial charge in [0.2, 0.25) is 5.82 Å². The summed E-state index contributed by atoms with van der Waals surface area (Å²) in [5, 5.41) is 8.78. The van der Waals surface area contributed by atoms with Gasteiger partial charge in [-0.05, 0) is 12.1 Å². The highest BCUT2D eigenvalue weighted by molar-refractivity contribution is 5.89. The summed E-state index contributed by atoms with van der Waals surface area (Å²) in [6.07, 6.45) is 0. The highest BCUT2D eigenvalue weighted by atomic mass is 35.5. The first-order chi connectivity index (χ1) is 6.20. The zero-order chi connectivity index (χ0) is 9.42. The normalized spacial score (nSPS) is 9.79. The number of aromatic carboxylic acids is 1. The summed E-state index contributed by atoms with van der Waals surface area (Å²) < 4.78 is 1.57. The van der Waals surface area contributed by atoms with E-state index < -0.39 is 5.97 Å². The van der Waals surface area contributed by atoms with Gasteiger partial charge in [-0.25, -0.2) is 9.78 Å². The summed E-state index contributed by atoms with van der Waals surface area (Å²) in [6.45, 7) is 0. The first-order valence-electron chi connectivity index (χ1n) is 3.85. The number of aryl methyl sites for hydroxylation is 1. The Kier molecular flexibility index (Phi) is 2.76. The number of imidazole rings is 1. The quantitative estimate of drug-likeness (QED) is 0.783. The monoisotopic (exact) mass is 212 g/mol. The molecule has 0 bridgehead atoms. The maximum absolute atomic E-state index is 10.7. The number of rotatable bonds is 1. The molecule has 0 aliphatic heterocycles. The summed E-state index contributed by atoms with van der Waals surface area (Å²) in [5.74, 6) is -0.931. The lowest BCUT2D eigenvalue weighted by Gasteiger charge is -1.95. The molecule has 1 heterocycles. The van der Waals surface area contributed by atoms with Gasteiger partial charge in [-0.1, -0.05) is 12.1 Å². The van der Waals surface area contributed by atoms with E-state index in [0.717, 1.165) is 5.52 Å². The van der Waals surface area contributed by atoms with Crippen LogP contribution >= 0.6 is 12.4 Å². The Morgan fingerprint density at radius 1 is 1.43 bits per heavy atom. The van der Waals surface area contributed by atoms with Crippen LogP contribution in [0.15, 0.2) is 24.3 Å². The number of aromatic nitrogens is 2. The van der Waals surface area contributed by atoms with Crippen molar-refractivity contribution < 1.29 is 9.90 Å². The molecule has 5 heteroatoms. The molecule has 0 atom stereocenters. The van der Waals surface area contributed by atoms with E-state index in [9.17, 15) is 4.79 Å². The Hall–Kier alpha value is -1.55. The number of halogens is 1. The molecule has 0 fully saturated rings. The fourth-order valence-corrected chi connectivity index (χ4v) is 1.34. The Morgan fingerprint density at radius 2 is 2.07 bits per heavy atom. The van der Waals surface area contributed by atoms with Crippen LogP contribution in [0.4, 0.5) is 0 Å². The molecule has 2 aromatic rings. The molecule has 4 nitrogen and oxygen atoms in total. The molecule has 74 valence electrons. The Labute approximate surface area is 86.6 Å². The van der Waals surface area contributed by atoms with Gasteiger partial charge in [0.1, 0.15) is 0 Å². The van der Waals surface area contributed by atoms with Crippen LogP contribution in [0.25, 0.3) is 11.0 Å². The Bertz CT molecular complexity index is 479. The van der Waals surface area contributed by atoms with Crippen molar-refractivity contribution in [1.29, 1.82) is 0 Å². The third-order valence-electron chi connectivity index (χ3n) is 1.98. The molecule has 2 rings (SSSR count). The summed E-state index contributed by atoms with van der Waals surface area (Å²) >= 11 is 0. The fourth-order valence-electron chi connectivity index (χ4n) is 1.34. The van der Waals surface area contributed by atoms with Gasteiger partial charge in [0, 0.05) is 7.05 Å². The molecule has 0 radical (unpaired) electrons. The molecule has 1 aromatic heterocycles. The van der Waals surface area contributed by atoms with E-state index in [4.69, 9.17) is 5.11 Å². The van der Waals surface area contributed by atoms with E-state index in [2.05, 4.69) is 4.98 Å². The molecule has 0 spiro atoms. The molecule has 0 unspecified atom stereocenters. The van der Waals surface area contributed by atoms with Crippen molar-refractivity contribution in [3.63, 3.8) is 0 Å². The van der Waals surface area contributed by atoms with E-state index in [1.807, 2.05) is 18.2 Å². The van der Waals surface area contributed by atoms with E-state index in [1.165, 1.54) is 0 Å². The topological polar surface area (TPSA) is 55.1 Å². The lowest BCUT2D eigenvalue weighted by Crippen LogP contribution is -2.05. The van der Waals surface area contributed by atoms with Gasteiger partial charge in [0.15, 0.2) is 0 Å². The summed E-state index contributed by atoms with van der Waals surface area (Å²) in [4.78, 5) is 14.7. The highest BCUT2D eigenvalue weighted by Gasteiger charge is 2.12. The third-order valence-corrected chi connectivity index (χ3v) is 1.98. The molecule has 0 amide bonds. The predicted octanol–water partition coefficient (Wildman–Crippen LogP) is 1.69. The second-order valence-corrected chi connectivity index (χ2v) is 2.79. The van der Waals surface area contributed by atoms with Crippen molar-refractivity contribution in [3.05, 3.63) is 30.1 Å². The maximum atomic E-state index is 10.7. The second-order valence-electron chi connectivity index (χ2n) is 2.79. The van der Waals surface area contributed by atoms with Crippen LogP contribution in [0.5, 0.6) is 0 Å². The van der Waals surface area contributed by atoms with Crippen LogP contribution in [-0.2, 0) is 7.05 Å². The number of carbonyl (C=O) groups is 1. The highest BCUT2D eigenvalue weighted by Crippen LogP contribution is 2.13. The lowest BCUT2D eigenvalue weighted by atomic mass is 10.3. The van der Waals surface area contributed by atoms with E-state index >= 15 is 0 Å². The van der Waals surface area contributed by atoms with E-state index in [-0.39, 0.29) is 18.2 Å². The van der Waals surface area contributed by atoms with E-state index in [0.29, 0.717) is 5.52 Å². The van der Waals surface area contributed by atoms with Crippen molar-refractivity contribution in [1.82, 2.24) is 9.55 Å². The van der Waals surface area contributed by atoms with Crippen molar-refractivity contribution in [2.45, 2.75) is 0 Å². The molecular formula is C9H9ClN2O2. The van der Waals surface area contributed by atoms with Crippen molar-refractivity contribution >= 4 is 29.4 Å². The van der Waals surface area contributed by atoms with Crippen molar-refractivity contribution in [2.24, 2.45) is 7.05 Å². The second kappa shape index (κ2) is 3.67. The van der Waals surface area contributed by atoms with Gasteiger partial charge in [-0.15, -0.1) is 12.4 Å². The number of fused-ring (bicyclic) bond motifs is 1. The number of carboxylic acid groups (broad SMARTS) is 1. The smallest absolute Gasteiger partial charge is 0.372 e. The average molecular weight is 213 g/mol. The minimum Gasteiger partial charge on any atom is -0.475 e. The molecule has 1 aromatic carbocycles. The van der Waals surface area contributed by atoms with Gasteiger partial charge >= 0.3 is 5.97 Å². The number of carboxylic acids is 1. The molecule has 0 saturated carbocycles. The Morgan fingerprint density at radius 3 is 2.64 bits per heavy atom. The van der Waals surface area contributed by atoms with Crippen LogP contribution in [0.3, 0.4) is 0 Å². The first-order valence-corrected chi connectivity index (χ1v) is 3.85. The zero-order valence-electron chi connectivity index (χ0n) is 7.47. The van der Waals surface area contributed by atoms with Crippen molar-refractivity contribution in [2.75, 3.05) is 0 Å². The van der Waals surface area contributed by atoms with Crippen LogP contribution in [0.1, 0.15) is 10.6 Å². The summed E-state index contributed by atoms with van der Waals surface area (Å²) in [5.41, 5.74) is 1.54. The lowest BCUT2D eigenvalue weighted by molar-refractivity contribution is 0.0680. The molecule has 1 N–H and O–H groups in total. The van der Waals surface area contributed by atoms with Crippen LogP contribution in [0, 0.1) is 0 Å². The fraction of sp³-hybridized carbons (Fsp3) is 0.111. The molecule has 0 aliphatic carbocycles. The van der Waals surface area contributed by atoms with Gasteiger partial charge < -0.3 is 9.67 Å².